The molecule has 0 N–H and O–H groups in total. The molecule has 2 nitrogen and oxygen atoms in total. The molecule has 0 bridgehead atoms. The van der Waals surface area contributed by atoms with E-state index in [-0.39, 0.29) is 0 Å². The Labute approximate surface area is 86.2 Å². The Bertz CT molecular complexity index is 405. The Hall–Kier alpha value is -1.48. The van der Waals surface area contributed by atoms with Gasteiger partial charge in [0.2, 0.25) is 0 Å². The van der Waals surface area contributed by atoms with E-state index in [2.05, 4.69) is 4.98 Å². The van der Waals surface area contributed by atoms with Crippen LogP contribution in [0.1, 0.15) is 20.8 Å². The van der Waals surface area contributed by atoms with Gasteiger partial charge in [0.05, 0.1) is 5.51 Å². The largest absolute Gasteiger partial charge is 0.298 e. The summed E-state index contributed by atoms with van der Waals surface area (Å²) in [5.74, 6) is 0. The summed E-state index contributed by atoms with van der Waals surface area (Å²) in [5, 5.41) is 0. The number of carbonyl (C=O) groups is 1. The average molecular weight is 203 g/mol. The minimum atomic E-state index is 0.720. The first-order valence-electron chi connectivity index (χ1n) is 4.30. The molecule has 0 amide bonds. The lowest BCUT2D eigenvalue weighted by Crippen LogP contribution is -1.85. The lowest BCUT2D eigenvalue weighted by Gasteiger charge is -1.97. The molecular formula is C11H9NOS. The first-order chi connectivity index (χ1) is 6.88. The van der Waals surface area contributed by atoms with Crippen molar-refractivity contribution in [3.63, 3.8) is 0 Å². The van der Waals surface area contributed by atoms with E-state index in [1.165, 1.54) is 10.4 Å². The number of carbonyl (C=O) groups excluding carboxylic acids is 1. The molecule has 0 aliphatic heterocycles. The van der Waals surface area contributed by atoms with E-state index in [4.69, 9.17) is 0 Å². The second-order valence-electron chi connectivity index (χ2n) is 3.00. The number of rotatable bonds is 3. The molecule has 1 heterocycles. The molecule has 0 radical (unpaired) electrons. The maximum Gasteiger partial charge on any atom is 0.150 e. The van der Waals surface area contributed by atoms with E-state index in [0.717, 1.165) is 18.3 Å². The number of hydrogen-bond donors (Lipinski definition) is 0. The second kappa shape index (κ2) is 4.15. The molecule has 0 aliphatic carbocycles. The van der Waals surface area contributed by atoms with Gasteiger partial charge < -0.3 is 0 Å². The Morgan fingerprint density at radius 2 is 2.07 bits per heavy atom. The maximum absolute atomic E-state index is 10.4. The van der Waals surface area contributed by atoms with Crippen molar-refractivity contribution in [3.8, 4) is 0 Å². The van der Waals surface area contributed by atoms with Crippen LogP contribution in [0, 0.1) is 0 Å². The number of thiazole rings is 1. The van der Waals surface area contributed by atoms with Crippen molar-refractivity contribution in [2.24, 2.45) is 0 Å². The van der Waals surface area contributed by atoms with Gasteiger partial charge in [0.25, 0.3) is 0 Å². The predicted molar refractivity (Wildman–Crippen MR) is 56.7 cm³/mol. The fourth-order valence-corrected chi connectivity index (χ4v) is 1.87. The molecule has 0 unspecified atom stereocenters. The van der Waals surface area contributed by atoms with E-state index < -0.39 is 0 Å². The summed E-state index contributed by atoms with van der Waals surface area (Å²) in [6.07, 6.45) is 3.62. The first-order valence-corrected chi connectivity index (χ1v) is 5.18. The number of aromatic nitrogens is 1. The van der Waals surface area contributed by atoms with Crippen molar-refractivity contribution in [2.45, 2.75) is 6.42 Å². The summed E-state index contributed by atoms with van der Waals surface area (Å²) in [6.45, 7) is 0. The van der Waals surface area contributed by atoms with Crippen LogP contribution >= 0.6 is 11.3 Å². The van der Waals surface area contributed by atoms with E-state index in [1.807, 2.05) is 36.0 Å². The number of nitrogens with zero attached hydrogens (tertiary/aromatic N) is 1. The minimum absolute atomic E-state index is 0.720. The Morgan fingerprint density at radius 3 is 2.64 bits per heavy atom. The van der Waals surface area contributed by atoms with Crippen LogP contribution in [0.15, 0.2) is 36.0 Å². The standard InChI is InChI=1S/C11H9NOS/c13-7-10-3-1-9(2-4-10)5-11-6-12-8-14-11/h1-4,6-8H,5H2. The molecule has 1 aromatic heterocycles. The van der Waals surface area contributed by atoms with Crippen molar-refractivity contribution in [3.05, 3.63) is 52.0 Å². The highest BCUT2D eigenvalue weighted by Crippen LogP contribution is 2.13. The highest BCUT2D eigenvalue weighted by molar-refractivity contribution is 7.09. The van der Waals surface area contributed by atoms with Crippen LogP contribution in [0.4, 0.5) is 0 Å². The molecule has 0 saturated heterocycles. The van der Waals surface area contributed by atoms with Crippen LogP contribution < -0.4 is 0 Å². The summed E-state index contributed by atoms with van der Waals surface area (Å²) >= 11 is 1.65. The topological polar surface area (TPSA) is 30.0 Å². The van der Waals surface area contributed by atoms with Gasteiger partial charge in [0.15, 0.2) is 0 Å². The van der Waals surface area contributed by atoms with Crippen molar-refractivity contribution >= 4 is 17.6 Å². The van der Waals surface area contributed by atoms with E-state index in [1.54, 1.807) is 11.3 Å². The van der Waals surface area contributed by atoms with Crippen LogP contribution in [0.3, 0.4) is 0 Å². The molecule has 2 aromatic rings. The molecule has 70 valence electrons. The third kappa shape index (κ3) is 2.06. The Balaban J connectivity index is 2.14. The summed E-state index contributed by atoms with van der Waals surface area (Å²) < 4.78 is 0. The smallest absolute Gasteiger partial charge is 0.150 e. The molecule has 0 aliphatic rings. The average Bonchev–Trinajstić information content (AvgIpc) is 2.72. The highest BCUT2D eigenvalue weighted by atomic mass is 32.1. The molecule has 0 saturated carbocycles. The SMILES string of the molecule is O=Cc1ccc(Cc2cncs2)cc1. The minimum Gasteiger partial charge on any atom is -0.298 e. The first kappa shape index (κ1) is 9.09. The van der Waals surface area contributed by atoms with Crippen molar-refractivity contribution in [1.82, 2.24) is 4.98 Å². The van der Waals surface area contributed by atoms with Gasteiger partial charge >= 0.3 is 0 Å². The molecule has 1 aromatic carbocycles. The molecule has 0 spiro atoms. The van der Waals surface area contributed by atoms with Gasteiger partial charge in [-0.2, -0.15) is 0 Å². The van der Waals surface area contributed by atoms with Gasteiger partial charge in [-0.25, -0.2) is 0 Å². The van der Waals surface area contributed by atoms with Crippen LogP contribution in [-0.4, -0.2) is 11.3 Å². The van der Waals surface area contributed by atoms with E-state index >= 15 is 0 Å². The van der Waals surface area contributed by atoms with Crippen LogP contribution in [0.2, 0.25) is 0 Å². The molecule has 3 heteroatoms. The fraction of sp³-hybridized carbons (Fsp3) is 0.0909. The molecule has 0 atom stereocenters. The number of aldehydes is 1. The van der Waals surface area contributed by atoms with Gasteiger partial charge in [-0.15, -0.1) is 11.3 Å². The molecule has 2 rings (SSSR count). The third-order valence-corrected chi connectivity index (χ3v) is 2.76. The highest BCUT2D eigenvalue weighted by Gasteiger charge is 1.97. The summed E-state index contributed by atoms with van der Waals surface area (Å²) in [5.41, 5.74) is 3.76. The van der Waals surface area contributed by atoms with E-state index in [0.29, 0.717) is 0 Å². The van der Waals surface area contributed by atoms with Crippen LogP contribution in [0.25, 0.3) is 0 Å². The van der Waals surface area contributed by atoms with Crippen molar-refractivity contribution in [1.29, 1.82) is 0 Å². The summed E-state index contributed by atoms with van der Waals surface area (Å²) in [6, 6.07) is 7.62. The van der Waals surface area contributed by atoms with Gasteiger partial charge in [0, 0.05) is 23.1 Å². The van der Waals surface area contributed by atoms with Gasteiger partial charge in [-0.3, -0.25) is 9.78 Å². The van der Waals surface area contributed by atoms with Crippen molar-refractivity contribution in [2.75, 3.05) is 0 Å². The van der Waals surface area contributed by atoms with Gasteiger partial charge in [-0.1, -0.05) is 24.3 Å². The monoisotopic (exact) mass is 203 g/mol. The Morgan fingerprint density at radius 1 is 1.29 bits per heavy atom. The molecule has 14 heavy (non-hydrogen) atoms. The second-order valence-corrected chi connectivity index (χ2v) is 3.97. The lowest BCUT2D eigenvalue weighted by atomic mass is 10.1. The van der Waals surface area contributed by atoms with Crippen LogP contribution in [0.5, 0.6) is 0 Å². The third-order valence-electron chi connectivity index (χ3n) is 1.98. The van der Waals surface area contributed by atoms with Gasteiger partial charge in [0.1, 0.15) is 6.29 Å². The predicted octanol–water partition coefficient (Wildman–Crippen LogP) is 2.55. The Kier molecular flexibility index (Phi) is 2.70. The normalized spacial score (nSPS) is 10.0. The number of hydrogen-bond acceptors (Lipinski definition) is 3. The van der Waals surface area contributed by atoms with E-state index in [9.17, 15) is 4.79 Å². The summed E-state index contributed by atoms with van der Waals surface area (Å²) in [7, 11) is 0. The van der Waals surface area contributed by atoms with Crippen LogP contribution in [-0.2, 0) is 6.42 Å². The zero-order valence-corrected chi connectivity index (χ0v) is 8.33. The van der Waals surface area contributed by atoms with Crippen molar-refractivity contribution < 1.29 is 4.79 Å². The quantitative estimate of drug-likeness (QED) is 0.717. The molecule has 0 fully saturated rings. The number of benzene rings is 1. The zero-order valence-electron chi connectivity index (χ0n) is 7.51. The zero-order chi connectivity index (χ0) is 9.80. The lowest BCUT2D eigenvalue weighted by molar-refractivity contribution is 0.112. The van der Waals surface area contributed by atoms with Gasteiger partial charge in [-0.05, 0) is 5.56 Å². The summed E-state index contributed by atoms with van der Waals surface area (Å²) in [4.78, 5) is 15.7. The maximum atomic E-state index is 10.4. The molecular weight excluding hydrogens is 194 g/mol. The fourth-order valence-electron chi connectivity index (χ4n) is 1.24.